The maximum Gasteiger partial charge on any atom is 0.410 e. The second-order valence-corrected chi connectivity index (χ2v) is 10.8. The number of likely N-dealkylation sites (tertiary alicyclic amines) is 1. The molecule has 0 bridgehead atoms. The first-order valence-corrected chi connectivity index (χ1v) is 13.0. The van der Waals surface area contributed by atoms with Crippen molar-refractivity contribution in [2.24, 2.45) is 0 Å². The second kappa shape index (κ2) is 10.2. The quantitative estimate of drug-likeness (QED) is 0.471. The molecule has 0 radical (unpaired) electrons. The monoisotopic (exact) mass is 525 g/mol. The topological polar surface area (TPSA) is 70.9 Å². The number of rotatable bonds is 4. The van der Waals surface area contributed by atoms with Gasteiger partial charge in [-0.3, -0.25) is 14.3 Å². The summed E-state index contributed by atoms with van der Waals surface area (Å²) < 4.78 is 34.4. The minimum absolute atomic E-state index is 0.0487. The molecule has 3 aromatic rings. The Morgan fingerprint density at radius 2 is 1.74 bits per heavy atom. The fourth-order valence-corrected chi connectivity index (χ4v) is 5.25. The van der Waals surface area contributed by atoms with Crippen molar-refractivity contribution < 1.29 is 23.1 Å². The molecule has 8 nitrogen and oxygen atoms in total. The largest absolute Gasteiger partial charge is 0.444 e. The predicted octanol–water partition coefficient (Wildman–Crippen LogP) is 5.15. The number of imidazole rings is 1. The predicted molar refractivity (Wildman–Crippen MR) is 141 cm³/mol. The van der Waals surface area contributed by atoms with Crippen molar-refractivity contribution >= 4 is 28.7 Å². The lowest BCUT2D eigenvalue weighted by molar-refractivity contribution is -0.136. The Hall–Kier alpha value is -3.69. The Bertz CT molecular complexity index is 1330. The highest BCUT2D eigenvalue weighted by atomic mass is 19.3. The molecule has 0 unspecified atom stereocenters. The number of amides is 2. The zero-order valence-corrected chi connectivity index (χ0v) is 21.9. The number of anilines is 1. The summed E-state index contributed by atoms with van der Waals surface area (Å²) >= 11 is 0. The standard InChI is InChI=1S/C28H33F2N5O3/c1-28(2,3)38-27(37)34-13-7-12-23(34)25(36)33-16-14-32(15-17-33)20-9-6-8-19(18-20)24-31-21-10-4-5-11-22(21)35(24)26(29)30/h4-6,8-11,18,23,26H,7,12-17H2,1-3H3/t23-/m0/s1. The van der Waals surface area contributed by atoms with Crippen LogP contribution in [-0.4, -0.2) is 75.7 Å². The van der Waals surface area contributed by atoms with Gasteiger partial charge in [0.1, 0.15) is 17.5 Å². The maximum absolute atomic E-state index is 14.0. The van der Waals surface area contributed by atoms with Gasteiger partial charge in [0.05, 0.1) is 11.0 Å². The number of aromatic nitrogens is 2. The van der Waals surface area contributed by atoms with Gasteiger partial charge < -0.3 is 14.5 Å². The molecule has 2 fully saturated rings. The average molecular weight is 526 g/mol. The van der Waals surface area contributed by atoms with Crippen LogP contribution in [-0.2, 0) is 9.53 Å². The Morgan fingerprint density at radius 3 is 2.45 bits per heavy atom. The van der Waals surface area contributed by atoms with E-state index in [4.69, 9.17) is 4.74 Å². The number of piperazine rings is 1. The van der Waals surface area contributed by atoms with Crippen molar-refractivity contribution in [2.45, 2.75) is 51.8 Å². The van der Waals surface area contributed by atoms with Crippen LogP contribution in [0.4, 0.5) is 19.3 Å². The van der Waals surface area contributed by atoms with Crippen molar-refractivity contribution in [1.82, 2.24) is 19.4 Å². The van der Waals surface area contributed by atoms with E-state index in [-0.39, 0.29) is 11.7 Å². The molecule has 0 saturated carbocycles. The number of benzene rings is 2. The summed E-state index contributed by atoms with van der Waals surface area (Å²) in [6.07, 6.45) is 0.954. The Morgan fingerprint density at radius 1 is 1.00 bits per heavy atom. The van der Waals surface area contributed by atoms with E-state index < -0.39 is 24.3 Å². The molecule has 10 heteroatoms. The summed E-state index contributed by atoms with van der Waals surface area (Å²) in [6.45, 7) is 5.46. The third-order valence-electron chi connectivity index (χ3n) is 7.02. The summed E-state index contributed by atoms with van der Waals surface area (Å²) in [5.41, 5.74) is 1.79. The number of halogens is 2. The van der Waals surface area contributed by atoms with Crippen LogP contribution in [0.15, 0.2) is 48.5 Å². The van der Waals surface area contributed by atoms with Gasteiger partial charge in [0.2, 0.25) is 5.91 Å². The first kappa shape index (κ1) is 25.9. The minimum atomic E-state index is -2.72. The van der Waals surface area contributed by atoms with Gasteiger partial charge in [-0.1, -0.05) is 24.3 Å². The van der Waals surface area contributed by atoms with Crippen LogP contribution in [0.25, 0.3) is 22.4 Å². The van der Waals surface area contributed by atoms with Crippen LogP contribution in [0.1, 0.15) is 40.2 Å². The number of alkyl halides is 2. The van der Waals surface area contributed by atoms with Gasteiger partial charge in [0.15, 0.2) is 0 Å². The van der Waals surface area contributed by atoms with Gasteiger partial charge in [-0.15, -0.1) is 0 Å². The minimum Gasteiger partial charge on any atom is -0.444 e. The number of nitrogens with zero attached hydrogens (tertiary/aromatic N) is 5. The number of para-hydroxylation sites is 2. The molecule has 0 spiro atoms. The Kier molecular flexibility index (Phi) is 6.98. The van der Waals surface area contributed by atoms with Crippen LogP contribution in [0.3, 0.4) is 0 Å². The number of hydrogen-bond acceptors (Lipinski definition) is 5. The fourth-order valence-electron chi connectivity index (χ4n) is 5.25. The smallest absolute Gasteiger partial charge is 0.410 e. The van der Waals surface area contributed by atoms with E-state index >= 15 is 0 Å². The Labute approximate surface area is 220 Å². The molecular weight excluding hydrogens is 492 g/mol. The van der Waals surface area contributed by atoms with E-state index in [1.807, 2.05) is 43.9 Å². The zero-order chi connectivity index (χ0) is 27.0. The SMILES string of the molecule is CC(C)(C)OC(=O)N1CCC[C@H]1C(=O)N1CCN(c2cccc(-c3nc4ccccc4n3C(F)F)c2)CC1. The van der Waals surface area contributed by atoms with Crippen LogP contribution >= 0.6 is 0 Å². The molecular formula is C28H33F2N5O3. The summed E-state index contributed by atoms with van der Waals surface area (Å²) in [5, 5.41) is 0. The van der Waals surface area contributed by atoms with Crippen LogP contribution in [0.5, 0.6) is 0 Å². The molecule has 3 heterocycles. The van der Waals surface area contributed by atoms with Crippen LogP contribution < -0.4 is 4.90 Å². The van der Waals surface area contributed by atoms with Gasteiger partial charge in [-0.2, -0.15) is 8.78 Å². The van der Waals surface area contributed by atoms with Gasteiger partial charge in [-0.25, -0.2) is 9.78 Å². The van der Waals surface area contributed by atoms with Gasteiger partial charge >= 0.3 is 12.6 Å². The van der Waals surface area contributed by atoms with E-state index in [1.54, 1.807) is 35.2 Å². The number of ether oxygens (including phenoxy) is 1. The van der Waals surface area contributed by atoms with Crippen LogP contribution in [0.2, 0.25) is 0 Å². The summed E-state index contributed by atoms with van der Waals surface area (Å²) in [5.74, 6) is 0.174. The molecule has 2 amide bonds. The molecule has 0 N–H and O–H groups in total. The van der Waals surface area contributed by atoms with Crippen LogP contribution in [0, 0.1) is 0 Å². The normalized spacial score (nSPS) is 18.5. The van der Waals surface area contributed by atoms with Crippen molar-refractivity contribution in [3.63, 3.8) is 0 Å². The lowest BCUT2D eigenvalue weighted by atomic mass is 10.1. The highest BCUT2D eigenvalue weighted by Crippen LogP contribution is 2.32. The summed E-state index contributed by atoms with van der Waals surface area (Å²) in [6, 6.07) is 13.8. The number of fused-ring (bicyclic) bond motifs is 1. The van der Waals surface area contributed by atoms with E-state index in [9.17, 15) is 18.4 Å². The molecule has 2 saturated heterocycles. The number of hydrogen-bond donors (Lipinski definition) is 0. The lowest BCUT2D eigenvalue weighted by Gasteiger charge is -2.38. The van der Waals surface area contributed by atoms with Crippen molar-refractivity contribution in [3.8, 4) is 11.4 Å². The van der Waals surface area contributed by atoms with E-state index in [0.29, 0.717) is 55.7 Å². The first-order valence-electron chi connectivity index (χ1n) is 13.0. The maximum atomic E-state index is 14.0. The van der Waals surface area contributed by atoms with Gasteiger partial charge in [0, 0.05) is 44.0 Å². The van der Waals surface area contributed by atoms with E-state index in [0.717, 1.165) is 16.7 Å². The summed E-state index contributed by atoms with van der Waals surface area (Å²) in [7, 11) is 0. The number of carbonyl (C=O) groups is 2. The third-order valence-corrected chi connectivity index (χ3v) is 7.02. The molecule has 38 heavy (non-hydrogen) atoms. The average Bonchev–Trinajstić information content (AvgIpc) is 3.53. The molecule has 1 aromatic heterocycles. The molecule has 1 atom stereocenters. The van der Waals surface area contributed by atoms with Gasteiger partial charge in [-0.05, 0) is 57.9 Å². The molecule has 2 aliphatic rings. The van der Waals surface area contributed by atoms with Crippen molar-refractivity contribution in [3.05, 3.63) is 48.5 Å². The second-order valence-electron chi connectivity index (χ2n) is 10.8. The molecule has 2 aliphatic heterocycles. The third kappa shape index (κ3) is 5.16. The summed E-state index contributed by atoms with van der Waals surface area (Å²) in [4.78, 5) is 36.0. The van der Waals surface area contributed by atoms with Crippen molar-refractivity contribution in [2.75, 3.05) is 37.6 Å². The lowest BCUT2D eigenvalue weighted by Crippen LogP contribution is -2.54. The zero-order valence-electron chi connectivity index (χ0n) is 21.9. The molecule has 0 aliphatic carbocycles. The molecule has 202 valence electrons. The molecule has 5 rings (SSSR count). The fraction of sp³-hybridized carbons (Fsp3) is 0.464. The van der Waals surface area contributed by atoms with E-state index in [1.165, 1.54) is 0 Å². The molecule has 2 aromatic carbocycles. The number of carbonyl (C=O) groups excluding carboxylic acids is 2. The van der Waals surface area contributed by atoms with E-state index in [2.05, 4.69) is 9.88 Å². The highest BCUT2D eigenvalue weighted by molar-refractivity contribution is 5.86. The highest BCUT2D eigenvalue weighted by Gasteiger charge is 2.39. The van der Waals surface area contributed by atoms with Crippen molar-refractivity contribution in [1.29, 1.82) is 0 Å². The first-order chi connectivity index (χ1) is 18.1. The Balaban J connectivity index is 1.28. The van der Waals surface area contributed by atoms with Gasteiger partial charge in [0.25, 0.3) is 0 Å².